The third-order valence-electron chi connectivity index (χ3n) is 5.06. The smallest absolute Gasteiger partial charge is 0.0991 e. The highest BCUT2D eigenvalue weighted by atomic mass is 16.3. The quantitative estimate of drug-likeness (QED) is 0.887. The van der Waals surface area contributed by atoms with E-state index in [4.69, 9.17) is 5.26 Å². The van der Waals surface area contributed by atoms with Crippen molar-refractivity contribution >= 4 is 0 Å². The number of aromatic nitrogens is 2. The van der Waals surface area contributed by atoms with E-state index in [-0.39, 0.29) is 12.1 Å². The topological polar surface area (TPSA) is 73.9 Å². The number of hydrogen-bond donors (Lipinski definition) is 2. The van der Waals surface area contributed by atoms with Gasteiger partial charge in [0.25, 0.3) is 0 Å². The zero-order chi connectivity index (χ0) is 17.1. The van der Waals surface area contributed by atoms with Crippen LogP contribution in [0.1, 0.15) is 49.0 Å². The van der Waals surface area contributed by atoms with E-state index >= 15 is 0 Å². The third-order valence-corrected chi connectivity index (χ3v) is 5.06. The molecule has 1 aromatic heterocycles. The summed E-state index contributed by atoms with van der Waals surface area (Å²) in [6.07, 6.45) is 4.89. The lowest BCUT2D eigenvalue weighted by molar-refractivity contribution is 0.130. The number of nitriles is 1. The first-order chi connectivity index (χ1) is 11.6. The van der Waals surface area contributed by atoms with Crippen LogP contribution in [0.25, 0.3) is 5.69 Å². The van der Waals surface area contributed by atoms with E-state index in [2.05, 4.69) is 30.3 Å². The standard InChI is InChI=1S/C19H24N4O/c1-13(21-11-16-4-3-5-19(16)24)18-12-22-23(14(18)2)17-8-6-15(10-20)7-9-17/h6-9,12-13,16,19,21,24H,3-5,11H2,1-2H3/t13-,16+,19+/m0/s1. The summed E-state index contributed by atoms with van der Waals surface area (Å²) in [5, 5.41) is 26.9. The van der Waals surface area contributed by atoms with Crippen LogP contribution < -0.4 is 5.32 Å². The highest BCUT2D eigenvalue weighted by molar-refractivity contribution is 5.40. The van der Waals surface area contributed by atoms with Gasteiger partial charge in [0.05, 0.1) is 29.6 Å². The van der Waals surface area contributed by atoms with Crippen molar-refractivity contribution in [3.63, 3.8) is 0 Å². The van der Waals surface area contributed by atoms with Gasteiger partial charge in [-0.25, -0.2) is 4.68 Å². The molecule has 1 heterocycles. The zero-order valence-electron chi connectivity index (χ0n) is 14.2. The molecule has 126 valence electrons. The number of nitrogens with one attached hydrogen (secondary N) is 1. The second-order valence-electron chi connectivity index (χ2n) is 6.64. The fourth-order valence-corrected chi connectivity index (χ4v) is 3.48. The monoisotopic (exact) mass is 324 g/mol. The number of benzene rings is 1. The first-order valence-corrected chi connectivity index (χ1v) is 8.56. The van der Waals surface area contributed by atoms with Crippen molar-refractivity contribution in [2.45, 2.75) is 45.3 Å². The van der Waals surface area contributed by atoms with Gasteiger partial charge in [0.1, 0.15) is 0 Å². The fourth-order valence-electron chi connectivity index (χ4n) is 3.48. The predicted molar refractivity (Wildman–Crippen MR) is 92.8 cm³/mol. The van der Waals surface area contributed by atoms with Crippen molar-refractivity contribution < 1.29 is 5.11 Å². The molecule has 0 spiro atoms. The van der Waals surface area contributed by atoms with Crippen molar-refractivity contribution in [2.24, 2.45) is 5.92 Å². The van der Waals surface area contributed by atoms with Crippen molar-refractivity contribution in [3.8, 4) is 11.8 Å². The minimum Gasteiger partial charge on any atom is -0.393 e. The minimum absolute atomic E-state index is 0.160. The number of rotatable bonds is 5. The summed E-state index contributed by atoms with van der Waals surface area (Å²) in [4.78, 5) is 0. The molecule has 5 nitrogen and oxygen atoms in total. The molecular formula is C19H24N4O. The van der Waals surface area contributed by atoms with Gasteiger partial charge in [-0.15, -0.1) is 0 Å². The lowest BCUT2D eigenvalue weighted by Crippen LogP contribution is -2.29. The summed E-state index contributed by atoms with van der Waals surface area (Å²) in [7, 11) is 0. The molecule has 1 aromatic carbocycles. The summed E-state index contributed by atoms with van der Waals surface area (Å²) in [5.41, 5.74) is 3.85. The van der Waals surface area contributed by atoms with Crippen molar-refractivity contribution in [1.82, 2.24) is 15.1 Å². The zero-order valence-corrected chi connectivity index (χ0v) is 14.2. The van der Waals surface area contributed by atoms with Crippen LogP contribution in [0.5, 0.6) is 0 Å². The Kier molecular flexibility index (Phi) is 4.98. The molecule has 1 aliphatic carbocycles. The molecule has 1 aliphatic rings. The maximum absolute atomic E-state index is 9.94. The first-order valence-electron chi connectivity index (χ1n) is 8.56. The normalized spacial score (nSPS) is 21.6. The molecule has 1 fully saturated rings. The van der Waals surface area contributed by atoms with Gasteiger partial charge in [-0.1, -0.05) is 6.42 Å². The van der Waals surface area contributed by atoms with Crippen LogP contribution in [-0.2, 0) is 0 Å². The SMILES string of the molecule is Cc1c([C@H](C)NC[C@H]2CCC[C@H]2O)cnn1-c1ccc(C#N)cc1. The molecule has 0 unspecified atom stereocenters. The van der Waals surface area contributed by atoms with Crippen molar-refractivity contribution in [2.75, 3.05) is 6.54 Å². The summed E-state index contributed by atoms with van der Waals surface area (Å²) in [5.74, 6) is 0.362. The molecule has 2 aromatic rings. The van der Waals surface area contributed by atoms with E-state index in [1.807, 2.05) is 23.0 Å². The predicted octanol–water partition coefficient (Wildman–Crippen LogP) is 2.86. The van der Waals surface area contributed by atoms with Crippen LogP contribution in [0.2, 0.25) is 0 Å². The van der Waals surface area contributed by atoms with Crippen LogP contribution in [0.15, 0.2) is 30.5 Å². The molecule has 1 saturated carbocycles. The van der Waals surface area contributed by atoms with E-state index in [1.54, 1.807) is 12.1 Å². The Labute approximate surface area is 142 Å². The maximum Gasteiger partial charge on any atom is 0.0991 e. The Balaban J connectivity index is 1.70. The molecule has 3 atom stereocenters. The number of nitrogens with zero attached hydrogens (tertiary/aromatic N) is 3. The Morgan fingerprint density at radius 2 is 2.12 bits per heavy atom. The Bertz CT molecular complexity index is 729. The largest absolute Gasteiger partial charge is 0.393 e. The second-order valence-corrected chi connectivity index (χ2v) is 6.64. The number of aliphatic hydroxyl groups excluding tert-OH is 1. The third kappa shape index (κ3) is 3.35. The number of hydrogen-bond acceptors (Lipinski definition) is 4. The van der Waals surface area contributed by atoms with Gasteiger partial charge in [-0.2, -0.15) is 10.4 Å². The summed E-state index contributed by atoms with van der Waals surface area (Å²) in [6, 6.07) is 9.75. The van der Waals surface area contributed by atoms with Gasteiger partial charge < -0.3 is 10.4 Å². The Morgan fingerprint density at radius 3 is 2.75 bits per heavy atom. The van der Waals surface area contributed by atoms with Crippen LogP contribution in [0.4, 0.5) is 0 Å². The van der Waals surface area contributed by atoms with Gasteiger partial charge in [0.15, 0.2) is 0 Å². The van der Waals surface area contributed by atoms with E-state index in [1.165, 1.54) is 0 Å². The van der Waals surface area contributed by atoms with Gasteiger partial charge in [0, 0.05) is 23.8 Å². The van der Waals surface area contributed by atoms with Crippen molar-refractivity contribution in [3.05, 3.63) is 47.3 Å². The van der Waals surface area contributed by atoms with E-state index in [0.717, 1.165) is 42.8 Å². The lowest BCUT2D eigenvalue weighted by atomic mass is 10.0. The lowest BCUT2D eigenvalue weighted by Gasteiger charge is -2.19. The average molecular weight is 324 g/mol. The van der Waals surface area contributed by atoms with Gasteiger partial charge in [-0.3, -0.25) is 0 Å². The first kappa shape index (κ1) is 16.7. The molecule has 0 bridgehead atoms. The summed E-state index contributed by atoms with van der Waals surface area (Å²) in [6.45, 7) is 5.03. The highest BCUT2D eigenvalue weighted by Crippen LogP contribution is 2.26. The van der Waals surface area contributed by atoms with E-state index in [0.29, 0.717) is 11.5 Å². The highest BCUT2D eigenvalue weighted by Gasteiger charge is 2.25. The van der Waals surface area contributed by atoms with Gasteiger partial charge in [-0.05, 0) is 56.9 Å². The van der Waals surface area contributed by atoms with Gasteiger partial charge >= 0.3 is 0 Å². The average Bonchev–Trinajstić information content (AvgIpc) is 3.18. The van der Waals surface area contributed by atoms with Gasteiger partial charge in [0.2, 0.25) is 0 Å². The number of aliphatic hydroxyl groups is 1. The van der Waals surface area contributed by atoms with E-state index in [9.17, 15) is 5.11 Å². The molecule has 0 aliphatic heterocycles. The van der Waals surface area contributed by atoms with Crippen LogP contribution >= 0.6 is 0 Å². The molecule has 0 amide bonds. The maximum atomic E-state index is 9.94. The molecule has 24 heavy (non-hydrogen) atoms. The molecule has 3 rings (SSSR count). The molecule has 0 saturated heterocycles. The molecule has 2 N–H and O–H groups in total. The minimum atomic E-state index is -0.160. The fraction of sp³-hybridized carbons (Fsp3) is 0.474. The van der Waals surface area contributed by atoms with Crippen molar-refractivity contribution in [1.29, 1.82) is 5.26 Å². The van der Waals surface area contributed by atoms with E-state index < -0.39 is 0 Å². The van der Waals surface area contributed by atoms with Crippen LogP contribution in [-0.4, -0.2) is 27.5 Å². The Hall–Kier alpha value is -2.16. The molecule has 5 heteroatoms. The molecular weight excluding hydrogens is 300 g/mol. The van der Waals surface area contributed by atoms with Crippen LogP contribution in [0, 0.1) is 24.2 Å². The molecule has 0 radical (unpaired) electrons. The second kappa shape index (κ2) is 7.16. The Morgan fingerprint density at radius 1 is 1.38 bits per heavy atom. The summed E-state index contributed by atoms with van der Waals surface area (Å²) < 4.78 is 1.90. The summed E-state index contributed by atoms with van der Waals surface area (Å²) >= 11 is 0. The van der Waals surface area contributed by atoms with Crippen LogP contribution in [0.3, 0.4) is 0 Å².